The molecule has 0 spiro atoms. The number of nitrogens with one attached hydrogen (secondary N) is 1. The van der Waals surface area contributed by atoms with Gasteiger partial charge in [0, 0.05) is 11.9 Å². The molecule has 3 heteroatoms. The third-order valence-corrected chi connectivity index (χ3v) is 4.60. The van der Waals surface area contributed by atoms with Crippen LogP contribution in [0, 0.1) is 5.41 Å². The van der Waals surface area contributed by atoms with Crippen LogP contribution in [-0.2, 0) is 0 Å². The molecule has 3 N–H and O–H groups in total. The molecule has 3 nitrogen and oxygen atoms in total. The Morgan fingerprint density at radius 1 is 0.875 bits per heavy atom. The molecule has 118 valence electrons. The molecular formula is C21H19N3. The second-order valence-corrected chi connectivity index (χ2v) is 5.99. The molecule has 4 rings (SSSR count). The molecule has 0 bridgehead atoms. The second-order valence-electron chi connectivity index (χ2n) is 5.99. The third kappa shape index (κ3) is 2.17. The number of fused-ring (bicyclic) bond motifs is 4. The lowest BCUT2D eigenvalue weighted by atomic mass is 9.97. The maximum absolute atomic E-state index is 7.91. The van der Waals surface area contributed by atoms with Crippen LogP contribution in [0.25, 0.3) is 32.3 Å². The van der Waals surface area contributed by atoms with Gasteiger partial charge in [0.1, 0.15) is 0 Å². The molecule has 0 heterocycles. The average molecular weight is 313 g/mol. The van der Waals surface area contributed by atoms with E-state index in [0.717, 1.165) is 16.5 Å². The van der Waals surface area contributed by atoms with E-state index in [1.54, 1.807) is 0 Å². The fourth-order valence-corrected chi connectivity index (χ4v) is 3.48. The van der Waals surface area contributed by atoms with Gasteiger partial charge in [0.25, 0.3) is 0 Å². The van der Waals surface area contributed by atoms with E-state index in [1.165, 1.54) is 21.5 Å². The van der Waals surface area contributed by atoms with Crippen molar-refractivity contribution in [2.45, 2.75) is 6.92 Å². The van der Waals surface area contributed by atoms with Gasteiger partial charge in [0.15, 0.2) is 5.96 Å². The summed E-state index contributed by atoms with van der Waals surface area (Å²) in [6.07, 6.45) is 0. The summed E-state index contributed by atoms with van der Waals surface area (Å²) in [5.74, 6) is 0.0720. The zero-order valence-corrected chi connectivity index (χ0v) is 13.6. The highest BCUT2D eigenvalue weighted by Gasteiger charge is 2.13. The van der Waals surface area contributed by atoms with Crippen molar-refractivity contribution < 1.29 is 0 Å². The van der Waals surface area contributed by atoms with E-state index in [0.29, 0.717) is 6.54 Å². The van der Waals surface area contributed by atoms with Gasteiger partial charge in [-0.15, -0.1) is 0 Å². The summed E-state index contributed by atoms with van der Waals surface area (Å²) in [7, 11) is 0. The van der Waals surface area contributed by atoms with Crippen molar-refractivity contribution in [3.05, 3.63) is 66.7 Å². The van der Waals surface area contributed by atoms with Crippen molar-refractivity contribution in [3.63, 3.8) is 0 Å². The number of nitrogens with two attached hydrogens (primary N) is 1. The van der Waals surface area contributed by atoms with E-state index in [2.05, 4.69) is 54.6 Å². The maximum atomic E-state index is 7.91. The number of anilines is 1. The summed E-state index contributed by atoms with van der Waals surface area (Å²) >= 11 is 0. The van der Waals surface area contributed by atoms with Crippen LogP contribution < -0.4 is 10.6 Å². The van der Waals surface area contributed by atoms with Crippen molar-refractivity contribution in [3.8, 4) is 0 Å². The first-order valence-corrected chi connectivity index (χ1v) is 8.15. The van der Waals surface area contributed by atoms with Crippen LogP contribution in [0.3, 0.4) is 0 Å². The summed E-state index contributed by atoms with van der Waals surface area (Å²) in [5, 5.41) is 15.1. The average Bonchev–Trinajstić information content (AvgIpc) is 2.60. The van der Waals surface area contributed by atoms with Crippen LogP contribution in [0.1, 0.15) is 6.92 Å². The number of hydrogen-bond acceptors (Lipinski definition) is 1. The van der Waals surface area contributed by atoms with Gasteiger partial charge in [0.05, 0.1) is 5.69 Å². The van der Waals surface area contributed by atoms with Crippen molar-refractivity contribution in [2.75, 3.05) is 11.4 Å². The number of benzene rings is 4. The number of guanidine groups is 1. The summed E-state index contributed by atoms with van der Waals surface area (Å²) in [5.41, 5.74) is 6.80. The molecule has 0 saturated heterocycles. The van der Waals surface area contributed by atoms with E-state index in [4.69, 9.17) is 11.1 Å². The molecule has 0 radical (unpaired) electrons. The molecule has 4 aromatic rings. The van der Waals surface area contributed by atoms with Gasteiger partial charge in [0.2, 0.25) is 0 Å². The Hall–Kier alpha value is -3.07. The van der Waals surface area contributed by atoms with Crippen LogP contribution >= 0.6 is 0 Å². The molecule has 0 fully saturated rings. The van der Waals surface area contributed by atoms with Gasteiger partial charge in [-0.1, -0.05) is 48.5 Å². The van der Waals surface area contributed by atoms with Gasteiger partial charge < -0.3 is 10.6 Å². The Morgan fingerprint density at radius 2 is 1.54 bits per heavy atom. The van der Waals surface area contributed by atoms with Crippen molar-refractivity contribution in [1.29, 1.82) is 5.41 Å². The first kappa shape index (κ1) is 14.5. The lowest BCUT2D eigenvalue weighted by Crippen LogP contribution is -2.36. The largest absolute Gasteiger partial charge is 0.370 e. The molecule has 0 atom stereocenters. The third-order valence-electron chi connectivity index (χ3n) is 4.60. The summed E-state index contributed by atoms with van der Waals surface area (Å²) in [6, 6.07) is 23.4. The molecule has 0 aliphatic carbocycles. The number of hydrogen-bond donors (Lipinski definition) is 2. The summed E-state index contributed by atoms with van der Waals surface area (Å²) in [6.45, 7) is 2.68. The molecular weight excluding hydrogens is 294 g/mol. The fourth-order valence-electron chi connectivity index (χ4n) is 3.48. The van der Waals surface area contributed by atoms with E-state index >= 15 is 0 Å². The van der Waals surface area contributed by atoms with Crippen LogP contribution in [-0.4, -0.2) is 12.5 Å². The predicted octanol–water partition coefficient (Wildman–Crippen LogP) is 4.87. The van der Waals surface area contributed by atoms with Gasteiger partial charge in [-0.2, -0.15) is 0 Å². The summed E-state index contributed by atoms with van der Waals surface area (Å²) in [4.78, 5) is 1.84. The Morgan fingerprint density at radius 3 is 2.25 bits per heavy atom. The lowest BCUT2D eigenvalue weighted by Gasteiger charge is -2.23. The SMILES string of the molecule is CCN(C(=N)N)c1cccc2ccc3cc4ccccc4cc3c12. The second kappa shape index (κ2) is 5.53. The van der Waals surface area contributed by atoms with Crippen LogP contribution in [0.4, 0.5) is 5.69 Å². The van der Waals surface area contributed by atoms with E-state index in [-0.39, 0.29) is 5.96 Å². The molecule has 0 aliphatic rings. The fraction of sp³-hybridized carbons (Fsp3) is 0.0952. The van der Waals surface area contributed by atoms with E-state index in [1.807, 2.05) is 24.0 Å². The topological polar surface area (TPSA) is 53.1 Å². The number of nitrogens with zero attached hydrogens (tertiary/aromatic N) is 1. The Bertz CT molecular complexity index is 1080. The highest BCUT2D eigenvalue weighted by Crippen LogP contribution is 2.35. The van der Waals surface area contributed by atoms with E-state index < -0.39 is 0 Å². The van der Waals surface area contributed by atoms with Gasteiger partial charge in [-0.3, -0.25) is 5.41 Å². The molecule has 0 saturated carbocycles. The van der Waals surface area contributed by atoms with E-state index in [9.17, 15) is 0 Å². The maximum Gasteiger partial charge on any atom is 0.192 e. The lowest BCUT2D eigenvalue weighted by molar-refractivity contribution is 1.04. The normalized spacial score (nSPS) is 11.2. The molecule has 0 unspecified atom stereocenters. The minimum Gasteiger partial charge on any atom is -0.370 e. The van der Waals surface area contributed by atoms with Crippen molar-refractivity contribution in [2.24, 2.45) is 5.73 Å². The highest BCUT2D eigenvalue weighted by atomic mass is 15.2. The van der Waals surface area contributed by atoms with Gasteiger partial charge in [-0.05, 0) is 52.1 Å². The molecule has 0 amide bonds. The Labute approximate surface area is 140 Å². The Kier molecular flexibility index (Phi) is 3.35. The highest BCUT2D eigenvalue weighted by molar-refractivity contribution is 6.18. The van der Waals surface area contributed by atoms with Crippen molar-refractivity contribution in [1.82, 2.24) is 0 Å². The minimum atomic E-state index is 0.0720. The van der Waals surface area contributed by atoms with Gasteiger partial charge >= 0.3 is 0 Å². The zero-order chi connectivity index (χ0) is 16.7. The quantitative estimate of drug-likeness (QED) is 0.240. The smallest absolute Gasteiger partial charge is 0.192 e. The predicted molar refractivity (Wildman–Crippen MR) is 104 cm³/mol. The van der Waals surface area contributed by atoms with Crippen LogP contribution in [0.5, 0.6) is 0 Å². The van der Waals surface area contributed by atoms with Crippen molar-refractivity contribution >= 4 is 44.0 Å². The minimum absolute atomic E-state index is 0.0720. The summed E-state index contributed by atoms with van der Waals surface area (Å²) < 4.78 is 0. The monoisotopic (exact) mass is 313 g/mol. The van der Waals surface area contributed by atoms with Crippen LogP contribution in [0.2, 0.25) is 0 Å². The first-order chi connectivity index (χ1) is 11.7. The zero-order valence-electron chi connectivity index (χ0n) is 13.6. The molecule has 4 aromatic carbocycles. The number of rotatable bonds is 2. The standard InChI is InChI=1S/C21H19N3/c1-2-24(21(22)23)19-9-5-8-14-10-11-17-12-15-6-3-4-7-16(15)13-18(17)20(14)19/h3-13H,2H2,1H3,(H3,22,23). The molecule has 24 heavy (non-hydrogen) atoms. The van der Waals surface area contributed by atoms with Gasteiger partial charge in [-0.25, -0.2) is 0 Å². The molecule has 0 aliphatic heterocycles. The van der Waals surface area contributed by atoms with Crippen LogP contribution in [0.15, 0.2) is 66.7 Å². The Balaban J connectivity index is 2.15. The first-order valence-electron chi connectivity index (χ1n) is 8.15. The molecule has 0 aromatic heterocycles.